The highest BCUT2D eigenvalue weighted by Crippen LogP contribution is 2.37. The van der Waals surface area contributed by atoms with Crippen molar-refractivity contribution in [2.45, 2.75) is 66.1 Å². The molecule has 0 aliphatic carbocycles. The van der Waals surface area contributed by atoms with Crippen molar-refractivity contribution >= 4 is 23.5 Å². The van der Waals surface area contributed by atoms with Gasteiger partial charge >= 0.3 is 6.03 Å². The molecule has 2 N–H and O–H groups in total. The van der Waals surface area contributed by atoms with Crippen LogP contribution in [0, 0.1) is 20.8 Å². The van der Waals surface area contributed by atoms with Crippen LogP contribution in [0.25, 0.3) is 11.3 Å². The Labute approximate surface area is 295 Å². The SMILES string of the molecule is Cc1c(C)c(-c2cc3c(cc2C(=O)N2Cc4ccccc4C[C@H]2C)CN(C(=O)Cc2ccc(N4CCN(C)CC4)cc2)CC3)n(C(N)=O)c1C. The highest BCUT2D eigenvalue weighted by atomic mass is 16.2. The number of amides is 3. The molecule has 1 atom stereocenters. The van der Waals surface area contributed by atoms with Crippen molar-refractivity contribution < 1.29 is 14.4 Å². The monoisotopic (exact) mass is 672 g/mol. The number of nitrogens with zero attached hydrogens (tertiary/aromatic N) is 5. The first-order valence-electron chi connectivity index (χ1n) is 17.8. The third-order valence-electron chi connectivity index (χ3n) is 11.4. The minimum absolute atomic E-state index is 0.00510. The molecule has 0 spiro atoms. The molecule has 9 heteroatoms. The van der Waals surface area contributed by atoms with Gasteiger partial charge in [0.05, 0.1) is 12.1 Å². The summed E-state index contributed by atoms with van der Waals surface area (Å²) in [6.45, 7) is 13.6. The Morgan fingerprint density at radius 1 is 0.800 bits per heavy atom. The molecule has 260 valence electrons. The number of anilines is 1. The van der Waals surface area contributed by atoms with Crippen LogP contribution in [0.5, 0.6) is 0 Å². The van der Waals surface area contributed by atoms with E-state index in [1.807, 2.05) is 48.8 Å². The Kier molecular flexibility index (Phi) is 9.03. The summed E-state index contributed by atoms with van der Waals surface area (Å²) < 4.78 is 1.55. The van der Waals surface area contributed by atoms with E-state index >= 15 is 0 Å². The van der Waals surface area contributed by atoms with Crippen LogP contribution in [0.3, 0.4) is 0 Å². The number of nitrogens with two attached hydrogens (primary N) is 1. The molecule has 50 heavy (non-hydrogen) atoms. The first-order chi connectivity index (χ1) is 24.0. The largest absolute Gasteiger partial charge is 0.369 e. The van der Waals surface area contributed by atoms with Crippen LogP contribution in [-0.2, 0) is 37.1 Å². The van der Waals surface area contributed by atoms with E-state index in [2.05, 4.69) is 66.2 Å². The lowest BCUT2D eigenvalue weighted by atomic mass is 9.89. The standard InChI is InChI=1S/C41H48N6O3/c1-26-20-31-8-6-7-9-33(31)25-46(26)40(49)37-23-34-24-45(38(48)21-30-10-12-35(13-11-30)44-18-16-43(5)17-19-44)15-14-32(34)22-36(37)39-28(3)27(2)29(4)47(39)41(42)50/h6-13,22-23,26H,14-21,24-25H2,1-5H3,(H2,42,50)/t26-/m1/s1. The van der Waals surface area contributed by atoms with Gasteiger partial charge in [0.1, 0.15) is 0 Å². The Morgan fingerprint density at radius 2 is 1.50 bits per heavy atom. The summed E-state index contributed by atoms with van der Waals surface area (Å²) >= 11 is 0. The molecule has 3 aliphatic heterocycles. The third kappa shape index (κ3) is 6.19. The molecular formula is C41H48N6O3. The van der Waals surface area contributed by atoms with Crippen LogP contribution < -0.4 is 10.6 Å². The van der Waals surface area contributed by atoms with E-state index in [9.17, 15) is 14.4 Å². The van der Waals surface area contributed by atoms with Gasteiger partial charge in [-0.1, -0.05) is 36.4 Å². The first kappa shape index (κ1) is 33.6. The lowest BCUT2D eigenvalue weighted by molar-refractivity contribution is -0.131. The van der Waals surface area contributed by atoms with Crippen molar-refractivity contribution in [3.63, 3.8) is 0 Å². The quantitative estimate of drug-likeness (QED) is 0.304. The molecule has 1 fully saturated rings. The smallest absolute Gasteiger partial charge is 0.323 e. The summed E-state index contributed by atoms with van der Waals surface area (Å²) in [6, 6.07) is 20.2. The van der Waals surface area contributed by atoms with E-state index in [4.69, 9.17) is 5.73 Å². The summed E-state index contributed by atoms with van der Waals surface area (Å²) in [7, 11) is 2.15. The van der Waals surface area contributed by atoms with Crippen molar-refractivity contribution in [3.05, 3.63) is 111 Å². The number of carbonyl (C=O) groups excluding carboxylic acids is 3. The van der Waals surface area contributed by atoms with Crippen molar-refractivity contribution in [1.29, 1.82) is 0 Å². The molecule has 4 aromatic rings. The topological polar surface area (TPSA) is 95.1 Å². The molecule has 1 aromatic heterocycles. The predicted octanol–water partition coefficient (Wildman–Crippen LogP) is 5.47. The zero-order chi connectivity index (χ0) is 35.3. The number of piperazine rings is 1. The molecule has 4 heterocycles. The van der Waals surface area contributed by atoms with E-state index in [1.165, 1.54) is 11.3 Å². The zero-order valence-electron chi connectivity index (χ0n) is 30.0. The summed E-state index contributed by atoms with van der Waals surface area (Å²) in [6.07, 6.45) is 1.76. The van der Waals surface area contributed by atoms with Crippen molar-refractivity contribution in [1.82, 2.24) is 19.3 Å². The van der Waals surface area contributed by atoms with Crippen molar-refractivity contribution in [3.8, 4) is 11.3 Å². The maximum absolute atomic E-state index is 14.7. The molecule has 3 aromatic carbocycles. The highest BCUT2D eigenvalue weighted by molar-refractivity contribution is 6.03. The van der Waals surface area contributed by atoms with E-state index in [0.717, 1.165) is 71.7 Å². The van der Waals surface area contributed by atoms with Crippen LogP contribution in [0.1, 0.15) is 61.9 Å². The Bertz CT molecular complexity index is 1970. The molecular weight excluding hydrogens is 624 g/mol. The molecule has 1 saturated heterocycles. The first-order valence-corrected chi connectivity index (χ1v) is 17.8. The number of benzene rings is 3. The van der Waals surface area contributed by atoms with Gasteiger partial charge < -0.3 is 25.3 Å². The molecule has 0 unspecified atom stereocenters. The van der Waals surface area contributed by atoms with E-state index < -0.39 is 6.03 Å². The maximum atomic E-state index is 14.7. The van der Waals surface area contributed by atoms with E-state index in [-0.39, 0.29) is 17.9 Å². The van der Waals surface area contributed by atoms with Crippen LogP contribution >= 0.6 is 0 Å². The summed E-state index contributed by atoms with van der Waals surface area (Å²) in [5.41, 5.74) is 17.2. The van der Waals surface area contributed by atoms with Crippen LogP contribution in [0.4, 0.5) is 10.5 Å². The van der Waals surface area contributed by atoms with Gasteiger partial charge in [-0.3, -0.25) is 14.2 Å². The maximum Gasteiger partial charge on any atom is 0.323 e. The number of rotatable bonds is 5. The second-order valence-corrected chi connectivity index (χ2v) is 14.5. The van der Waals surface area contributed by atoms with E-state index in [0.29, 0.717) is 49.3 Å². The lowest BCUT2D eigenvalue weighted by Crippen LogP contribution is -2.44. The number of carbonyl (C=O) groups is 3. The Balaban J connectivity index is 1.19. The van der Waals surface area contributed by atoms with Gasteiger partial charge in [0.15, 0.2) is 0 Å². The van der Waals surface area contributed by atoms with Crippen molar-refractivity contribution in [2.24, 2.45) is 5.73 Å². The summed E-state index contributed by atoms with van der Waals surface area (Å²) in [4.78, 5) is 49.9. The third-order valence-corrected chi connectivity index (χ3v) is 11.4. The average molecular weight is 673 g/mol. The molecule has 3 aliphatic rings. The van der Waals surface area contributed by atoms with Gasteiger partial charge in [0.2, 0.25) is 5.91 Å². The van der Waals surface area contributed by atoms with Crippen molar-refractivity contribution in [2.75, 3.05) is 44.7 Å². The average Bonchev–Trinajstić information content (AvgIpc) is 3.34. The molecule has 7 rings (SSSR count). The number of aromatic nitrogens is 1. The molecule has 0 saturated carbocycles. The molecule has 3 amide bonds. The van der Waals surface area contributed by atoms with E-state index in [1.54, 1.807) is 4.57 Å². The number of likely N-dealkylation sites (N-methyl/N-ethyl adjacent to an activating group) is 1. The van der Waals surface area contributed by atoms with Gasteiger partial charge in [0.25, 0.3) is 5.91 Å². The predicted molar refractivity (Wildman–Crippen MR) is 198 cm³/mol. The van der Waals surface area contributed by atoms with Gasteiger partial charge in [-0.15, -0.1) is 0 Å². The minimum atomic E-state index is -0.571. The normalized spacial score (nSPS) is 17.8. The number of hydrogen-bond acceptors (Lipinski definition) is 5. The van der Waals surface area contributed by atoms with Gasteiger partial charge in [-0.05, 0) is 111 Å². The van der Waals surface area contributed by atoms with Crippen LogP contribution in [-0.4, -0.2) is 82.9 Å². The number of hydrogen-bond donors (Lipinski definition) is 1. The number of primary amides is 1. The van der Waals surface area contributed by atoms with Gasteiger partial charge in [0, 0.05) is 74.4 Å². The Morgan fingerprint density at radius 3 is 2.20 bits per heavy atom. The Hall–Kier alpha value is -4.89. The fraction of sp³-hybridized carbons (Fsp3) is 0.390. The minimum Gasteiger partial charge on any atom is -0.369 e. The second-order valence-electron chi connectivity index (χ2n) is 14.5. The zero-order valence-corrected chi connectivity index (χ0v) is 30.0. The number of fused-ring (bicyclic) bond motifs is 2. The highest BCUT2D eigenvalue weighted by Gasteiger charge is 2.33. The van der Waals surface area contributed by atoms with Crippen LogP contribution in [0.15, 0.2) is 60.7 Å². The second kappa shape index (κ2) is 13.4. The molecule has 0 bridgehead atoms. The summed E-state index contributed by atoms with van der Waals surface area (Å²) in [5.74, 6) is -0.00784. The van der Waals surface area contributed by atoms with Gasteiger partial charge in [-0.2, -0.15) is 0 Å². The van der Waals surface area contributed by atoms with Crippen LogP contribution in [0.2, 0.25) is 0 Å². The lowest BCUT2D eigenvalue weighted by Gasteiger charge is -2.36. The fourth-order valence-corrected chi connectivity index (χ4v) is 8.03. The molecule has 0 radical (unpaired) electrons. The summed E-state index contributed by atoms with van der Waals surface area (Å²) in [5, 5.41) is 0. The van der Waals surface area contributed by atoms with Gasteiger partial charge in [-0.25, -0.2) is 4.79 Å². The molecule has 9 nitrogen and oxygen atoms in total. The fourth-order valence-electron chi connectivity index (χ4n) is 8.03.